The van der Waals surface area contributed by atoms with Gasteiger partial charge in [0.15, 0.2) is 6.61 Å². The van der Waals surface area contributed by atoms with Gasteiger partial charge in [-0.3, -0.25) is 14.5 Å². The van der Waals surface area contributed by atoms with Gasteiger partial charge in [0.05, 0.1) is 19.8 Å². The van der Waals surface area contributed by atoms with Gasteiger partial charge in [0.2, 0.25) is 5.91 Å². The summed E-state index contributed by atoms with van der Waals surface area (Å²) in [5.74, 6) is 0.159. The number of nitrogens with zero attached hydrogens (tertiary/aromatic N) is 1. The van der Waals surface area contributed by atoms with E-state index in [1.54, 1.807) is 0 Å². The van der Waals surface area contributed by atoms with Crippen LogP contribution in [0.25, 0.3) is 0 Å². The molecule has 1 aliphatic rings. The molecule has 1 aliphatic heterocycles. The Balaban J connectivity index is 1.58. The molecule has 0 aromatic heterocycles. The van der Waals surface area contributed by atoms with E-state index in [4.69, 9.17) is 9.47 Å². The van der Waals surface area contributed by atoms with Crippen molar-refractivity contribution in [3.8, 4) is 5.75 Å². The summed E-state index contributed by atoms with van der Waals surface area (Å²) < 4.78 is 10.8. The number of morpholine rings is 1. The van der Waals surface area contributed by atoms with E-state index in [0.717, 1.165) is 44.0 Å². The van der Waals surface area contributed by atoms with E-state index in [9.17, 15) is 9.59 Å². The number of amides is 2. The number of ether oxygens (including phenoxy) is 2. The Morgan fingerprint density at radius 3 is 2.64 bits per heavy atom. The maximum Gasteiger partial charge on any atom is 0.258 e. The van der Waals surface area contributed by atoms with Gasteiger partial charge in [-0.1, -0.05) is 17.7 Å². The first-order valence-electron chi connectivity index (χ1n) is 8.58. The number of nitrogens with one attached hydrogen (secondary N) is 2. The van der Waals surface area contributed by atoms with E-state index in [1.807, 2.05) is 32.0 Å². The third kappa shape index (κ3) is 7.11. The minimum absolute atomic E-state index is 0.0435. The number of carbonyl (C=O) groups is 2. The molecule has 1 saturated heterocycles. The van der Waals surface area contributed by atoms with Crippen molar-refractivity contribution in [2.45, 2.75) is 13.8 Å². The Kier molecular flexibility index (Phi) is 7.69. The maximum absolute atomic E-state index is 11.8. The first-order chi connectivity index (χ1) is 12.0. The van der Waals surface area contributed by atoms with Crippen molar-refractivity contribution in [1.82, 2.24) is 15.5 Å². The molecular formula is C18H27N3O4. The lowest BCUT2D eigenvalue weighted by Gasteiger charge is -2.26. The molecule has 25 heavy (non-hydrogen) atoms. The molecule has 7 nitrogen and oxygen atoms in total. The second-order valence-electron chi connectivity index (χ2n) is 6.14. The zero-order valence-corrected chi connectivity index (χ0v) is 15.0. The number of hydrogen-bond acceptors (Lipinski definition) is 5. The topological polar surface area (TPSA) is 79.9 Å². The Hall–Kier alpha value is -2.12. The zero-order valence-electron chi connectivity index (χ0n) is 15.0. The van der Waals surface area contributed by atoms with Gasteiger partial charge in [0.25, 0.3) is 5.91 Å². The fourth-order valence-electron chi connectivity index (χ4n) is 2.58. The summed E-state index contributed by atoms with van der Waals surface area (Å²) in [6, 6.07) is 5.77. The van der Waals surface area contributed by atoms with Crippen molar-refractivity contribution < 1.29 is 19.1 Å². The number of hydrogen-bond donors (Lipinski definition) is 2. The predicted molar refractivity (Wildman–Crippen MR) is 94.7 cm³/mol. The molecule has 2 N–H and O–H groups in total. The summed E-state index contributed by atoms with van der Waals surface area (Å²) in [5, 5.41) is 5.36. The molecule has 0 aliphatic carbocycles. The highest BCUT2D eigenvalue weighted by Gasteiger charge is 2.11. The predicted octanol–water partition coefficient (Wildman–Crippen LogP) is 0.247. The fraction of sp³-hybridized carbons (Fsp3) is 0.556. The lowest BCUT2D eigenvalue weighted by molar-refractivity contribution is -0.127. The van der Waals surface area contributed by atoms with Crippen LogP contribution in [0, 0.1) is 13.8 Å². The highest BCUT2D eigenvalue weighted by molar-refractivity contribution is 5.85. The SMILES string of the molecule is Cc1ccc(OCC(=O)NCC(=O)NCCN2CCOCC2)c(C)c1. The minimum Gasteiger partial charge on any atom is -0.484 e. The normalized spacial score (nSPS) is 14.8. The Bertz CT molecular complexity index is 586. The van der Waals surface area contributed by atoms with Crippen LogP contribution in [-0.4, -0.2) is 69.3 Å². The molecule has 0 saturated carbocycles. The molecule has 1 fully saturated rings. The highest BCUT2D eigenvalue weighted by Crippen LogP contribution is 2.18. The largest absolute Gasteiger partial charge is 0.484 e. The van der Waals surface area contributed by atoms with Crippen LogP contribution in [-0.2, 0) is 14.3 Å². The lowest BCUT2D eigenvalue weighted by atomic mass is 10.1. The first-order valence-corrected chi connectivity index (χ1v) is 8.58. The van der Waals surface area contributed by atoms with Crippen LogP contribution in [0.1, 0.15) is 11.1 Å². The second kappa shape index (κ2) is 10.0. The molecule has 2 amide bonds. The maximum atomic E-state index is 11.8. The first kappa shape index (κ1) is 19.2. The van der Waals surface area contributed by atoms with Crippen LogP contribution >= 0.6 is 0 Å². The molecule has 0 atom stereocenters. The van der Waals surface area contributed by atoms with E-state index in [-0.39, 0.29) is 25.0 Å². The van der Waals surface area contributed by atoms with Crippen molar-refractivity contribution in [3.05, 3.63) is 29.3 Å². The van der Waals surface area contributed by atoms with E-state index in [2.05, 4.69) is 15.5 Å². The fourth-order valence-corrected chi connectivity index (χ4v) is 2.58. The summed E-state index contributed by atoms with van der Waals surface area (Å²) in [5.41, 5.74) is 2.12. The average molecular weight is 349 g/mol. The summed E-state index contributed by atoms with van der Waals surface area (Å²) >= 11 is 0. The molecule has 0 bridgehead atoms. The monoisotopic (exact) mass is 349 g/mol. The molecule has 138 valence electrons. The van der Waals surface area contributed by atoms with E-state index in [0.29, 0.717) is 12.3 Å². The smallest absolute Gasteiger partial charge is 0.258 e. The van der Waals surface area contributed by atoms with Gasteiger partial charge >= 0.3 is 0 Å². The molecular weight excluding hydrogens is 322 g/mol. The Morgan fingerprint density at radius 2 is 1.92 bits per heavy atom. The zero-order chi connectivity index (χ0) is 18.1. The number of aryl methyl sites for hydroxylation is 2. The van der Waals surface area contributed by atoms with Gasteiger partial charge in [0.1, 0.15) is 5.75 Å². The Morgan fingerprint density at radius 1 is 1.16 bits per heavy atom. The van der Waals surface area contributed by atoms with Crippen LogP contribution in [0.2, 0.25) is 0 Å². The number of rotatable bonds is 8. The van der Waals surface area contributed by atoms with Gasteiger partial charge in [-0.15, -0.1) is 0 Å². The van der Waals surface area contributed by atoms with Gasteiger partial charge in [-0.05, 0) is 25.5 Å². The van der Waals surface area contributed by atoms with Crippen LogP contribution in [0.15, 0.2) is 18.2 Å². The lowest BCUT2D eigenvalue weighted by Crippen LogP contribution is -2.44. The van der Waals surface area contributed by atoms with Crippen molar-refractivity contribution in [2.24, 2.45) is 0 Å². The van der Waals surface area contributed by atoms with Crippen molar-refractivity contribution >= 4 is 11.8 Å². The highest BCUT2D eigenvalue weighted by atomic mass is 16.5. The summed E-state index contributed by atoms with van der Waals surface area (Å²) in [6.07, 6.45) is 0. The summed E-state index contributed by atoms with van der Waals surface area (Å²) in [4.78, 5) is 25.8. The van der Waals surface area contributed by atoms with Crippen molar-refractivity contribution in [2.75, 3.05) is 52.5 Å². The van der Waals surface area contributed by atoms with Gasteiger partial charge in [0, 0.05) is 26.2 Å². The molecule has 1 heterocycles. The number of benzene rings is 1. The molecule has 1 aromatic rings. The van der Waals surface area contributed by atoms with E-state index < -0.39 is 0 Å². The van der Waals surface area contributed by atoms with Gasteiger partial charge in [-0.25, -0.2) is 0 Å². The van der Waals surface area contributed by atoms with Crippen molar-refractivity contribution in [3.63, 3.8) is 0 Å². The third-order valence-corrected chi connectivity index (χ3v) is 3.99. The Labute approximate surface area is 148 Å². The van der Waals surface area contributed by atoms with Gasteiger partial charge < -0.3 is 20.1 Å². The van der Waals surface area contributed by atoms with E-state index >= 15 is 0 Å². The standard InChI is InChI=1S/C18H27N3O4/c1-14-3-4-16(15(2)11-14)25-13-18(23)20-12-17(22)19-5-6-21-7-9-24-10-8-21/h3-4,11H,5-10,12-13H2,1-2H3,(H,19,22)(H,20,23). The van der Waals surface area contributed by atoms with Crippen molar-refractivity contribution in [1.29, 1.82) is 0 Å². The quantitative estimate of drug-likeness (QED) is 0.703. The number of carbonyl (C=O) groups excluding carboxylic acids is 2. The van der Waals surface area contributed by atoms with E-state index in [1.165, 1.54) is 0 Å². The van der Waals surface area contributed by atoms with Crippen LogP contribution in [0.4, 0.5) is 0 Å². The summed E-state index contributed by atoms with van der Waals surface area (Å²) in [7, 11) is 0. The average Bonchev–Trinajstić information content (AvgIpc) is 2.60. The third-order valence-electron chi connectivity index (χ3n) is 3.99. The second-order valence-corrected chi connectivity index (χ2v) is 6.14. The molecule has 7 heteroatoms. The minimum atomic E-state index is -0.316. The van der Waals surface area contributed by atoms with Crippen LogP contribution in [0.5, 0.6) is 5.75 Å². The molecule has 2 rings (SSSR count). The molecule has 0 spiro atoms. The summed E-state index contributed by atoms with van der Waals surface area (Å²) in [6.45, 7) is 8.40. The molecule has 0 radical (unpaired) electrons. The van der Waals surface area contributed by atoms with Gasteiger partial charge in [-0.2, -0.15) is 0 Å². The molecule has 1 aromatic carbocycles. The van der Waals surface area contributed by atoms with Crippen LogP contribution < -0.4 is 15.4 Å². The molecule has 0 unspecified atom stereocenters. The van der Waals surface area contributed by atoms with Crippen LogP contribution in [0.3, 0.4) is 0 Å².